The van der Waals surface area contributed by atoms with Crippen LogP contribution in [0.1, 0.15) is 25.0 Å². The second kappa shape index (κ2) is 14.3. The number of nitrogens with one attached hydrogen (secondary N) is 1. The zero-order chi connectivity index (χ0) is 31.1. The zero-order valence-electron chi connectivity index (χ0n) is 24.3. The maximum Gasteiger partial charge on any atom is 0.244 e. The molecule has 1 aliphatic heterocycles. The largest absolute Gasteiger partial charge is 0.486 e. The molecule has 0 saturated heterocycles. The van der Waals surface area contributed by atoms with Crippen LogP contribution in [0.15, 0.2) is 66.7 Å². The molecule has 1 heterocycles. The van der Waals surface area contributed by atoms with Crippen molar-refractivity contribution in [3.8, 4) is 11.5 Å². The lowest BCUT2D eigenvalue weighted by atomic mass is 10.0. The number of anilines is 1. The van der Waals surface area contributed by atoms with Gasteiger partial charge in [-0.15, -0.1) is 0 Å². The molecule has 0 bridgehead atoms. The average molecular weight is 649 g/mol. The summed E-state index contributed by atoms with van der Waals surface area (Å²) in [6, 6.07) is 18.0. The number of benzene rings is 3. The number of nitrogens with zero attached hydrogens (tertiary/aromatic N) is 2. The van der Waals surface area contributed by atoms with Crippen LogP contribution in [0.5, 0.6) is 11.5 Å². The quantitative estimate of drug-likeness (QED) is 0.298. The first kappa shape index (κ1) is 32.4. The Balaban J connectivity index is 1.76. The van der Waals surface area contributed by atoms with Crippen molar-refractivity contribution in [2.45, 2.75) is 32.9 Å². The van der Waals surface area contributed by atoms with Gasteiger partial charge in [-0.2, -0.15) is 0 Å². The smallest absolute Gasteiger partial charge is 0.244 e. The average Bonchev–Trinajstić information content (AvgIpc) is 2.97. The van der Waals surface area contributed by atoms with Crippen molar-refractivity contribution in [3.63, 3.8) is 0 Å². The molecule has 0 radical (unpaired) electrons. The van der Waals surface area contributed by atoms with Gasteiger partial charge in [0.1, 0.15) is 25.8 Å². The number of carbonyl (C=O) groups is 2. The molecule has 9 nitrogen and oxygen atoms in total. The highest BCUT2D eigenvalue weighted by Crippen LogP contribution is 2.35. The molecule has 4 rings (SSSR count). The van der Waals surface area contributed by atoms with Gasteiger partial charge in [-0.25, -0.2) is 8.42 Å². The first-order valence-electron chi connectivity index (χ1n) is 13.9. The molecule has 1 N–H and O–H groups in total. The summed E-state index contributed by atoms with van der Waals surface area (Å²) in [5.41, 5.74) is 1.49. The third-order valence-corrected chi connectivity index (χ3v) is 8.69. The van der Waals surface area contributed by atoms with E-state index in [1.165, 1.54) is 11.0 Å². The number of hydrogen-bond acceptors (Lipinski definition) is 6. The van der Waals surface area contributed by atoms with E-state index >= 15 is 0 Å². The Morgan fingerprint density at radius 1 is 0.930 bits per heavy atom. The van der Waals surface area contributed by atoms with Crippen LogP contribution >= 0.6 is 23.2 Å². The maximum atomic E-state index is 14.3. The predicted octanol–water partition coefficient (Wildman–Crippen LogP) is 4.94. The number of sulfonamides is 1. The van der Waals surface area contributed by atoms with Crippen LogP contribution < -0.4 is 19.1 Å². The fourth-order valence-corrected chi connectivity index (χ4v) is 5.99. The molecule has 0 fully saturated rings. The molecule has 1 aliphatic rings. The summed E-state index contributed by atoms with van der Waals surface area (Å²) in [7, 11) is -3.95. The molecular weight excluding hydrogens is 613 g/mol. The number of carbonyl (C=O) groups excluding carboxylic acids is 2. The van der Waals surface area contributed by atoms with Crippen molar-refractivity contribution in [3.05, 3.63) is 87.9 Å². The fourth-order valence-electron chi connectivity index (χ4n) is 4.63. The number of amides is 2. The highest BCUT2D eigenvalue weighted by Gasteiger charge is 2.34. The van der Waals surface area contributed by atoms with Crippen LogP contribution in [-0.2, 0) is 32.6 Å². The van der Waals surface area contributed by atoms with Crippen molar-refractivity contribution >= 4 is 50.7 Å². The Morgan fingerprint density at radius 2 is 1.58 bits per heavy atom. The fraction of sp³-hybridized carbons (Fsp3) is 0.355. The molecule has 3 aromatic rings. The lowest BCUT2D eigenvalue weighted by molar-refractivity contribution is -0.140. The van der Waals surface area contributed by atoms with Gasteiger partial charge in [0.15, 0.2) is 11.5 Å². The van der Waals surface area contributed by atoms with Gasteiger partial charge in [-0.1, -0.05) is 73.4 Å². The normalized spacial score (nSPS) is 13.3. The van der Waals surface area contributed by atoms with E-state index in [1.54, 1.807) is 30.3 Å². The molecular formula is C31H35Cl2N3O6S. The second-order valence-electron chi connectivity index (χ2n) is 10.7. The molecule has 0 unspecified atom stereocenters. The Bertz CT molecular complexity index is 1530. The minimum Gasteiger partial charge on any atom is -0.486 e. The van der Waals surface area contributed by atoms with Crippen molar-refractivity contribution in [2.24, 2.45) is 5.92 Å². The van der Waals surface area contributed by atoms with E-state index in [1.807, 2.05) is 44.2 Å². The summed E-state index contributed by atoms with van der Waals surface area (Å²) >= 11 is 13.0. The summed E-state index contributed by atoms with van der Waals surface area (Å²) in [5.74, 6) is 0.0322. The van der Waals surface area contributed by atoms with Crippen molar-refractivity contribution < 1.29 is 27.5 Å². The molecule has 3 aromatic carbocycles. The lowest BCUT2D eigenvalue weighted by Gasteiger charge is -2.34. The summed E-state index contributed by atoms with van der Waals surface area (Å²) in [5, 5.41) is 3.58. The standard InChI is InChI=1S/C31H35Cl2N3O6S/c1-21(2)18-34-31(38)27(16-22-8-5-4-6-9-22)35(19-24-25(32)10-7-11-26(24)33)30(37)20-36(43(3,39)40)23-12-13-28-29(17-23)42-15-14-41-28/h4-13,17,21,27H,14-16,18-20H2,1-3H3,(H,34,38)/t27-/m0/s1. The Hall–Kier alpha value is -3.47. The predicted molar refractivity (Wildman–Crippen MR) is 168 cm³/mol. The number of hydrogen-bond donors (Lipinski definition) is 1. The van der Waals surface area contributed by atoms with Crippen LogP contribution in [0.3, 0.4) is 0 Å². The number of rotatable bonds is 12. The lowest BCUT2D eigenvalue weighted by Crippen LogP contribution is -2.53. The van der Waals surface area contributed by atoms with E-state index in [-0.39, 0.29) is 30.5 Å². The van der Waals surface area contributed by atoms with E-state index in [2.05, 4.69) is 5.32 Å². The first-order chi connectivity index (χ1) is 20.4. The molecule has 12 heteroatoms. The van der Waals surface area contributed by atoms with Gasteiger partial charge >= 0.3 is 0 Å². The summed E-state index contributed by atoms with van der Waals surface area (Å²) in [6.07, 6.45) is 1.20. The van der Waals surface area contributed by atoms with E-state index < -0.39 is 28.5 Å². The van der Waals surface area contributed by atoms with Gasteiger partial charge in [-0.3, -0.25) is 13.9 Å². The minimum atomic E-state index is -3.95. The minimum absolute atomic E-state index is 0.122. The van der Waals surface area contributed by atoms with Crippen molar-refractivity contribution in [2.75, 3.05) is 36.9 Å². The number of fused-ring (bicyclic) bond motifs is 1. The molecule has 2 amide bonds. The summed E-state index contributed by atoms with van der Waals surface area (Å²) in [4.78, 5) is 29.4. The summed E-state index contributed by atoms with van der Waals surface area (Å²) < 4.78 is 38.3. The number of ether oxygens (including phenoxy) is 2. The molecule has 230 valence electrons. The zero-order valence-corrected chi connectivity index (χ0v) is 26.6. The van der Waals surface area contributed by atoms with Crippen LogP contribution in [0.4, 0.5) is 5.69 Å². The number of halogens is 2. The van der Waals surface area contributed by atoms with Gasteiger partial charge < -0.3 is 19.7 Å². The molecule has 43 heavy (non-hydrogen) atoms. The van der Waals surface area contributed by atoms with Gasteiger partial charge in [-0.05, 0) is 35.7 Å². The van der Waals surface area contributed by atoms with Gasteiger partial charge in [0.05, 0.1) is 11.9 Å². The van der Waals surface area contributed by atoms with Gasteiger partial charge in [0.25, 0.3) is 0 Å². The molecule has 0 saturated carbocycles. The van der Waals surface area contributed by atoms with E-state index in [0.29, 0.717) is 46.9 Å². The van der Waals surface area contributed by atoms with Crippen LogP contribution in [0.2, 0.25) is 10.0 Å². The SMILES string of the molecule is CC(C)CNC(=O)[C@H](Cc1ccccc1)N(Cc1c(Cl)cccc1Cl)C(=O)CN(c1ccc2c(c1)OCCO2)S(C)(=O)=O. The Labute approximate surface area is 262 Å². The third kappa shape index (κ3) is 8.55. The van der Waals surface area contributed by atoms with Crippen LogP contribution in [0, 0.1) is 5.92 Å². The Kier molecular flexibility index (Phi) is 10.8. The second-order valence-corrected chi connectivity index (χ2v) is 13.4. The van der Waals surface area contributed by atoms with E-state index in [4.69, 9.17) is 32.7 Å². The first-order valence-corrected chi connectivity index (χ1v) is 16.5. The van der Waals surface area contributed by atoms with Crippen LogP contribution in [0.25, 0.3) is 0 Å². The van der Waals surface area contributed by atoms with E-state index in [0.717, 1.165) is 16.1 Å². The molecule has 1 atom stereocenters. The molecule has 0 aromatic heterocycles. The monoisotopic (exact) mass is 647 g/mol. The van der Waals surface area contributed by atoms with Crippen molar-refractivity contribution in [1.29, 1.82) is 0 Å². The highest BCUT2D eigenvalue weighted by atomic mass is 35.5. The highest BCUT2D eigenvalue weighted by molar-refractivity contribution is 7.92. The Morgan fingerprint density at radius 3 is 2.21 bits per heavy atom. The maximum absolute atomic E-state index is 14.3. The summed E-state index contributed by atoms with van der Waals surface area (Å²) in [6.45, 7) is 4.32. The van der Waals surface area contributed by atoms with E-state index in [9.17, 15) is 18.0 Å². The molecule has 0 aliphatic carbocycles. The van der Waals surface area contributed by atoms with Gasteiger partial charge in [0.2, 0.25) is 21.8 Å². The topological polar surface area (TPSA) is 105 Å². The van der Waals surface area contributed by atoms with Gasteiger partial charge in [0, 0.05) is 41.2 Å². The third-order valence-electron chi connectivity index (χ3n) is 6.84. The van der Waals surface area contributed by atoms with Crippen LogP contribution in [-0.4, -0.2) is 63.7 Å². The molecule has 0 spiro atoms. The van der Waals surface area contributed by atoms with Crippen molar-refractivity contribution in [1.82, 2.24) is 10.2 Å².